The number of aryl methyl sites for hydroxylation is 2. The Balaban J connectivity index is -0.00000306. The zero-order chi connectivity index (χ0) is 25.4. The van der Waals surface area contributed by atoms with E-state index in [9.17, 15) is 44.0 Å². The first-order valence-electron chi connectivity index (χ1n) is 10.3. The van der Waals surface area contributed by atoms with E-state index in [1.807, 2.05) is 0 Å². The average Bonchev–Trinajstić information content (AvgIpc) is 2.78. The minimum atomic E-state index is -4.71. The SMILES string of the molecule is O=P([O-])([O-])CCc1cc(CCP(=O)([O-])[O-])cc(Sc2ccc(OCC(CO)(CO)CO)cc2)c1.[Na+].[Na+].[Na+].[Na+]. The van der Waals surface area contributed by atoms with E-state index < -0.39 is 52.8 Å². The van der Waals surface area contributed by atoms with Crippen LogP contribution in [0, 0.1) is 5.41 Å². The van der Waals surface area contributed by atoms with Crippen LogP contribution in [0.4, 0.5) is 0 Å². The van der Waals surface area contributed by atoms with E-state index >= 15 is 0 Å². The molecule has 0 heterocycles. The van der Waals surface area contributed by atoms with Gasteiger partial charge >= 0.3 is 118 Å². The molecule has 2 rings (SSSR count). The van der Waals surface area contributed by atoms with Crippen molar-refractivity contribution in [3.05, 3.63) is 53.6 Å². The van der Waals surface area contributed by atoms with E-state index in [4.69, 9.17) is 4.74 Å². The van der Waals surface area contributed by atoms with Gasteiger partial charge in [0.05, 0.1) is 25.2 Å². The second kappa shape index (κ2) is 21.5. The standard InChI is InChI=1S/C21H30O10P2S.4Na/c22-12-21(13-23,14-24)15-31-18-1-3-19(4-2-18)34-20-10-16(5-7-32(25,26)27)9-17(11-20)6-8-33(28,29)30;;;;/h1-4,9-11,22-24H,5-8,12-15H2,(H2,25,26,27)(H2,28,29,30);;;;/q;4*+1/p-4. The van der Waals surface area contributed by atoms with Crippen LogP contribution in [0.2, 0.25) is 0 Å². The molecule has 2 aromatic rings. The molecule has 0 aliphatic carbocycles. The first-order chi connectivity index (χ1) is 15.9. The van der Waals surface area contributed by atoms with Crippen molar-refractivity contribution >= 4 is 27.0 Å². The predicted octanol–water partition coefficient (Wildman–Crippen LogP) is -12.9. The molecule has 0 amide bonds. The minimum absolute atomic E-state index is 0. The number of aliphatic hydroxyl groups is 3. The van der Waals surface area contributed by atoms with Crippen LogP contribution in [0.5, 0.6) is 5.75 Å². The van der Waals surface area contributed by atoms with Gasteiger partial charge in [0, 0.05) is 9.79 Å². The van der Waals surface area contributed by atoms with Gasteiger partial charge in [0.2, 0.25) is 0 Å². The summed E-state index contributed by atoms with van der Waals surface area (Å²) in [7, 11) is -9.43. The number of aliphatic hydroxyl groups excluding tert-OH is 3. The maximum absolute atomic E-state index is 11.0. The third-order valence-corrected chi connectivity index (χ3v) is 7.51. The van der Waals surface area contributed by atoms with Crippen molar-refractivity contribution in [3.8, 4) is 5.75 Å². The van der Waals surface area contributed by atoms with Gasteiger partial charge in [-0.25, -0.2) is 0 Å². The van der Waals surface area contributed by atoms with E-state index in [1.165, 1.54) is 11.8 Å². The van der Waals surface area contributed by atoms with Crippen LogP contribution in [0.15, 0.2) is 52.3 Å². The minimum Gasteiger partial charge on any atom is -0.811 e. The smallest absolute Gasteiger partial charge is 0.811 e. The third kappa shape index (κ3) is 17.8. The summed E-state index contributed by atoms with van der Waals surface area (Å²) in [6, 6.07) is 11.7. The first kappa shape index (κ1) is 45.2. The molecule has 0 spiro atoms. The molecule has 0 aliphatic rings. The fourth-order valence-corrected chi connectivity index (χ4v) is 4.90. The third-order valence-electron chi connectivity index (χ3n) is 4.99. The van der Waals surface area contributed by atoms with E-state index in [-0.39, 0.29) is 138 Å². The van der Waals surface area contributed by atoms with Crippen molar-refractivity contribution < 1.29 is 167 Å². The second-order valence-corrected chi connectivity index (χ2v) is 12.5. The zero-order valence-electron chi connectivity index (χ0n) is 22.2. The Bertz CT molecular complexity index is 981. The molecule has 0 aliphatic heterocycles. The summed E-state index contributed by atoms with van der Waals surface area (Å²) in [6.07, 6.45) is -1.23. The van der Waals surface area contributed by atoms with Crippen LogP contribution in [0.25, 0.3) is 0 Å². The van der Waals surface area contributed by atoms with Crippen molar-refractivity contribution in [2.75, 3.05) is 38.8 Å². The summed E-state index contributed by atoms with van der Waals surface area (Å²) >= 11 is 1.30. The predicted molar refractivity (Wildman–Crippen MR) is 119 cm³/mol. The summed E-state index contributed by atoms with van der Waals surface area (Å²) in [6.45, 7) is -1.44. The molecule has 2 aromatic carbocycles. The molecule has 10 nitrogen and oxygen atoms in total. The van der Waals surface area contributed by atoms with Crippen molar-refractivity contribution in [1.82, 2.24) is 0 Å². The van der Waals surface area contributed by atoms with Gasteiger partial charge in [-0.05, 0) is 72.7 Å². The number of ether oxygens (including phenoxy) is 1. The molecule has 0 radical (unpaired) electrons. The summed E-state index contributed by atoms with van der Waals surface area (Å²) in [5.41, 5.74) is -0.0979. The molecule has 0 aromatic heterocycles. The molecule has 17 heteroatoms. The summed E-state index contributed by atoms with van der Waals surface area (Å²) in [5.74, 6) is 0.446. The van der Waals surface area contributed by atoms with E-state index in [1.54, 1.807) is 42.5 Å². The fraction of sp³-hybridized carbons (Fsp3) is 0.429. The van der Waals surface area contributed by atoms with Crippen molar-refractivity contribution in [2.24, 2.45) is 5.41 Å². The Kier molecular flexibility index (Phi) is 25.5. The van der Waals surface area contributed by atoms with Crippen molar-refractivity contribution in [2.45, 2.75) is 22.6 Å². The van der Waals surface area contributed by atoms with Gasteiger partial charge in [0.15, 0.2) is 0 Å². The molecule has 0 atom stereocenters. The largest absolute Gasteiger partial charge is 1.00 e. The monoisotopic (exact) mass is 624 g/mol. The Morgan fingerprint density at radius 2 is 1.13 bits per heavy atom. The van der Waals surface area contributed by atoms with Gasteiger partial charge in [-0.15, -0.1) is 0 Å². The maximum atomic E-state index is 11.0. The van der Waals surface area contributed by atoms with Crippen LogP contribution < -0.4 is 143 Å². The van der Waals surface area contributed by atoms with E-state index in [2.05, 4.69) is 0 Å². The van der Waals surface area contributed by atoms with Gasteiger partial charge in [-0.2, -0.15) is 0 Å². The van der Waals surface area contributed by atoms with Crippen molar-refractivity contribution in [1.29, 1.82) is 0 Å². The molecule has 0 unspecified atom stereocenters. The Hall–Kier alpha value is 2.77. The molecule has 0 saturated heterocycles. The Morgan fingerprint density at radius 3 is 1.50 bits per heavy atom. The van der Waals surface area contributed by atoms with Crippen LogP contribution in [0.3, 0.4) is 0 Å². The summed E-state index contributed by atoms with van der Waals surface area (Å²) in [4.78, 5) is 45.5. The Labute approximate surface area is 315 Å². The molecule has 0 saturated carbocycles. The maximum Gasteiger partial charge on any atom is 1.00 e. The van der Waals surface area contributed by atoms with E-state index in [0.29, 0.717) is 21.8 Å². The fourth-order valence-electron chi connectivity index (χ4n) is 2.87. The molecule has 3 N–H and O–H groups in total. The molecular weight excluding hydrogens is 598 g/mol. The van der Waals surface area contributed by atoms with Crippen LogP contribution in [-0.2, 0) is 22.0 Å². The summed E-state index contributed by atoms with van der Waals surface area (Å²) in [5, 5.41) is 28.1. The molecule has 190 valence electrons. The summed E-state index contributed by atoms with van der Waals surface area (Å²) < 4.78 is 27.6. The first-order valence-corrected chi connectivity index (χ1v) is 14.5. The average molecular weight is 624 g/mol. The normalized spacial score (nSPS) is 11.3. The zero-order valence-corrected chi connectivity index (χ0v) is 32.8. The molecule has 38 heavy (non-hydrogen) atoms. The molecule has 0 fully saturated rings. The Morgan fingerprint density at radius 1 is 0.711 bits per heavy atom. The molecular formula is C21H26Na4O10P2S. The number of hydrogen-bond acceptors (Lipinski definition) is 11. The second-order valence-electron chi connectivity index (χ2n) is 7.99. The molecule has 0 bridgehead atoms. The number of benzene rings is 2. The van der Waals surface area contributed by atoms with Gasteiger partial charge in [-0.3, -0.25) is 0 Å². The van der Waals surface area contributed by atoms with Gasteiger partial charge in [0.1, 0.15) is 12.4 Å². The van der Waals surface area contributed by atoms with Gasteiger partial charge in [0.25, 0.3) is 0 Å². The van der Waals surface area contributed by atoms with Crippen LogP contribution in [0.1, 0.15) is 11.1 Å². The van der Waals surface area contributed by atoms with Crippen LogP contribution in [-0.4, -0.2) is 54.1 Å². The van der Waals surface area contributed by atoms with Gasteiger partial charge < -0.3 is 48.8 Å². The van der Waals surface area contributed by atoms with Crippen molar-refractivity contribution in [3.63, 3.8) is 0 Å². The quantitative estimate of drug-likeness (QED) is 0.133. The number of rotatable bonds is 14. The topological polar surface area (TPSA) is 196 Å². The van der Waals surface area contributed by atoms with E-state index in [0.717, 1.165) is 4.90 Å². The van der Waals surface area contributed by atoms with Crippen LogP contribution >= 0.6 is 27.0 Å². The number of hydrogen-bond donors (Lipinski definition) is 3. The van der Waals surface area contributed by atoms with Gasteiger partial charge in [-0.1, -0.05) is 33.0 Å².